The third-order valence-corrected chi connectivity index (χ3v) is 6.57. The maximum absolute atomic E-state index is 12.7. The minimum Gasteiger partial charge on any atom is -0.496 e. The quantitative estimate of drug-likeness (QED) is 0.810. The van der Waals surface area contributed by atoms with Crippen molar-refractivity contribution in [1.82, 2.24) is 9.62 Å². The van der Waals surface area contributed by atoms with Gasteiger partial charge >= 0.3 is 0 Å². The van der Waals surface area contributed by atoms with E-state index in [1.54, 1.807) is 22.5 Å². The molecule has 0 amide bonds. The third kappa shape index (κ3) is 4.01. The molecule has 1 aliphatic heterocycles. The number of hydrogen-bond acceptors (Lipinski definition) is 4. The zero-order valence-electron chi connectivity index (χ0n) is 13.0. The Labute approximate surface area is 141 Å². The van der Waals surface area contributed by atoms with Crippen molar-refractivity contribution in [2.45, 2.75) is 24.7 Å². The van der Waals surface area contributed by atoms with E-state index < -0.39 is 10.0 Å². The van der Waals surface area contributed by atoms with Crippen molar-refractivity contribution in [3.05, 3.63) is 22.7 Å². The number of halogens is 1. The molecule has 1 heterocycles. The lowest BCUT2D eigenvalue weighted by atomic mass is 9.98. The van der Waals surface area contributed by atoms with E-state index in [9.17, 15) is 8.42 Å². The number of methoxy groups -OCH3 is 1. The van der Waals surface area contributed by atoms with Gasteiger partial charge in [-0.1, -0.05) is 6.92 Å². The zero-order valence-corrected chi connectivity index (χ0v) is 15.4. The average Bonchev–Trinajstić information content (AvgIpc) is 2.53. The van der Waals surface area contributed by atoms with Gasteiger partial charge in [0.25, 0.3) is 0 Å². The number of hydrogen-bond donors (Lipinski definition) is 1. The molecule has 0 aromatic heterocycles. The van der Waals surface area contributed by atoms with Gasteiger partial charge in [-0.15, -0.1) is 0 Å². The Morgan fingerprint density at radius 2 is 2.05 bits per heavy atom. The molecule has 22 heavy (non-hydrogen) atoms. The van der Waals surface area contributed by atoms with Gasteiger partial charge < -0.3 is 10.1 Å². The molecule has 0 atom stereocenters. The van der Waals surface area contributed by atoms with E-state index in [2.05, 4.69) is 28.2 Å². The van der Waals surface area contributed by atoms with Crippen LogP contribution in [0.4, 0.5) is 0 Å². The standard InChI is InChI=1S/C15H23BrN2O3S/c1-3-17-11-12-6-8-18(9-7-12)22(19,20)13-4-5-14(16)15(10-13)21-2/h4-5,10,12,17H,3,6-9,11H2,1-2H3. The van der Waals surface area contributed by atoms with E-state index in [1.165, 1.54) is 7.11 Å². The van der Waals surface area contributed by atoms with Gasteiger partial charge in [0.15, 0.2) is 0 Å². The van der Waals surface area contributed by atoms with Crippen LogP contribution in [0.3, 0.4) is 0 Å². The Morgan fingerprint density at radius 3 is 2.64 bits per heavy atom. The number of piperidine rings is 1. The first-order valence-electron chi connectivity index (χ1n) is 7.53. The second-order valence-corrected chi connectivity index (χ2v) is 8.24. The number of sulfonamides is 1. The smallest absolute Gasteiger partial charge is 0.243 e. The van der Waals surface area contributed by atoms with Crippen molar-refractivity contribution in [1.29, 1.82) is 0 Å². The second-order valence-electron chi connectivity index (χ2n) is 5.45. The molecule has 2 rings (SSSR count). The van der Waals surface area contributed by atoms with Crippen molar-refractivity contribution >= 4 is 26.0 Å². The van der Waals surface area contributed by atoms with E-state index >= 15 is 0 Å². The molecule has 5 nitrogen and oxygen atoms in total. The normalized spacial score (nSPS) is 17.6. The molecule has 0 saturated carbocycles. The molecule has 0 aliphatic carbocycles. The van der Waals surface area contributed by atoms with Crippen LogP contribution in [0.15, 0.2) is 27.6 Å². The molecule has 124 valence electrons. The number of nitrogens with zero attached hydrogens (tertiary/aromatic N) is 1. The van der Waals surface area contributed by atoms with Gasteiger partial charge in [0.05, 0.1) is 16.5 Å². The zero-order chi connectivity index (χ0) is 16.2. The van der Waals surface area contributed by atoms with E-state index in [0.29, 0.717) is 24.8 Å². The van der Waals surface area contributed by atoms with Crippen LogP contribution in [-0.4, -0.2) is 46.0 Å². The molecular formula is C15H23BrN2O3S. The minimum absolute atomic E-state index is 0.290. The maximum atomic E-state index is 12.7. The second kappa shape index (κ2) is 7.77. The summed E-state index contributed by atoms with van der Waals surface area (Å²) in [5.41, 5.74) is 0. The summed E-state index contributed by atoms with van der Waals surface area (Å²) >= 11 is 3.34. The lowest BCUT2D eigenvalue weighted by molar-refractivity contribution is 0.268. The van der Waals surface area contributed by atoms with Crippen LogP contribution >= 0.6 is 15.9 Å². The summed E-state index contributed by atoms with van der Waals surface area (Å²) < 4.78 is 33.0. The van der Waals surface area contributed by atoms with Crippen LogP contribution in [-0.2, 0) is 10.0 Å². The van der Waals surface area contributed by atoms with E-state index in [0.717, 1.165) is 30.4 Å². The van der Waals surface area contributed by atoms with Gasteiger partial charge in [0.2, 0.25) is 10.0 Å². The topological polar surface area (TPSA) is 58.6 Å². The first-order chi connectivity index (χ1) is 10.5. The highest BCUT2D eigenvalue weighted by Crippen LogP contribution is 2.30. The Bertz CT molecular complexity index is 599. The Balaban J connectivity index is 2.08. The molecule has 0 spiro atoms. The van der Waals surface area contributed by atoms with Crippen LogP contribution in [0.2, 0.25) is 0 Å². The molecule has 1 fully saturated rings. The predicted molar refractivity (Wildman–Crippen MR) is 90.7 cm³/mol. The molecule has 1 N–H and O–H groups in total. The van der Waals surface area contributed by atoms with E-state index in [-0.39, 0.29) is 4.90 Å². The molecular weight excluding hydrogens is 368 g/mol. The predicted octanol–water partition coefficient (Wildman–Crippen LogP) is 2.47. The Kier molecular flexibility index (Phi) is 6.26. The minimum atomic E-state index is -3.44. The van der Waals surface area contributed by atoms with Gasteiger partial charge in [-0.3, -0.25) is 0 Å². The fraction of sp³-hybridized carbons (Fsp3) is 0.600. The van der Waals surface area contributed by atoms with Gasteiger partial charge in [-0.25, -0.2) is 8.42 Å². The fourth-order valence-corrected chi connectivity index (χ4v) is 4.55. The van der Waals surface area contributed by atoms with Crippen molar-refractivity contribution in [2.24, 2.45) is 5.92 Å². The third-order valence-electron chi connectivity index (χ3n) is 4.02. The van der Waals surface area contributed by atoms with Crippen LogP contribution < -0.4 is 10.1 Å². The molecule has 1 aromatic carbocycles. The summed E-state index contributed by atoms with van der Waals surface area (Å²) in [5, 5.41) is 3.33. The van der Waals surface area contributed by atoms with Crippen LogP contribution in [0.25, 0.3) is 0 Å². The summed E-state index contributed by atoms with van der Waals surface area (Å²) in [5.74, 6) is 1.09. The van der Waals surface area contributed by atoms with Crippen LogP contribution in [0, 0.1) is 5.92 Å². The molecule has 1 saturated heterocycles. The van der Waals surface area contributed by atoms with Crippen molar-refractivity contribution in [3.63, 3.8) is 0 Å². The van der Waals surface area contributed by atoms with Gasteiger partial charge in [0.1, 0.15) is 5.75 Å². The first-order valence-corrected chi connectivity index (χ1v) is 9.76. The number of ether oxygens (including phenoxy) is 1. The van der Waals surface area contributed by atoms with Gasteiger partial charge in [0, 0.05) is 19.2 Å². The monoisotopic (exact) mass is 390 g/mol. The first kappa shape index (κ1) is 17.7. The fourth-order valence-electron chi connectivity index (χ4n) is 2.65. The highest BCUT2D eigenvalue weighted by molar-refractivity contribution is 9.10. The van der Waals surface area contributed by atoms with Crippen molar-refractivity contribution in [3.8, 4) is 5.75 Å². The summed E-state index contributed by atoms with van der Waals surface area (Å²) in [7, 11) is -1.91. The molecule has 1 aromatic rings. The molecule has 0 unspecified atom stereocenters. The SMILES string of the molecule is CCNCC1CCN(S(=O)(=O)c2ccc(Br)c(OC)c2)CC1. The summed E-state index contributed by atoms with van der Waals surface area (Å²) in [6.07, 6.45) is 1.81. The number of nitrogens with one attached hydrogen (secondary N) is 1. The summed E-state index contributed by atoms with van der Waals surface area (Å²) in [6, 6.07) is 4.90. The molecule has 7 heteroatoms. The molecule has 0 radical (unpaired) electrons. The molecule has 1 aliphatic rings. The number of rotatable bonds is 6. The molecule has 0 bridgehead atoms. The van der Waals surface area contributed by atoms with Gasteiger partial charge in [-0.2, -0.15) is 4.31 Å². The summed E-state index contributed by atoms with van der Waals surface area (Å²) in [6.45, 7) is 5.17. The van der Waals surface area contributed by atoms with Crippen molar-refractivity contribution in [2.75, 3.05) is 33.3 Å². The average molecular weight is 391 g/mol. The van der Waals surface area contributed by atoms with E-state index in [4.69, 9.17) is 4.74 Å². The summed E-state index contributed by atoms with van der Waals surface area (Å²) in [4.78, 5) is 0.290. The highest BCUT2D eigenvalue weighted by atomic mass is 79.9. The van der Waals surface area contributed by atoms with Crippen molar-refractivity contribution < 1.29 is 13.2 Å². The number of benzene rings is 1. The Morgan fingerprint density at radius 1 is 1.36 bits per heavy atom. The largest absolute Gasteiger partial charge is 0.496 e. The maximum Gasteiger partial charge on any atom is 0.243 e. The van der Waals surface area contributed by atoms with Gasteiger partial charge in [-0.05, 0) is 59.9 Å². The Hall–Kier alpha value is -0.630. The lowest BCUT2D eigenvalue weighted by Crippen LogP contribution is -2.40. The highest BCUT2D eigenvalue weighted by Gasteiger charge is 2.29. The van der Waals surface area contributed by atoms with Crippen LogP contribution in [0.5, 0.6) is 5.75 Å². The van der Waals surface area contributed by atoms with E-state index in [1.807, 2.05) is 0 Å². The van der Waals surface area contributed by atoms with Crippen LogP contribution in [0.1, 0.15) is 19.8 Å². The lowest BCUT2D eigenvalue weighted by Gasteiger charge is -2.31.